The summed E-state index contributed by atoms with van der Waals surface area (Å²) in [4.78, 5) is 12.4. The lowest BCUT2D eigenvalue weighted by Crippen LogP contribution is -2.06. The van der Waals surface area contributed by atoms with Crippen LogP contribution in [0.1, 0.15) is 17.5 Å². The molecule has 2 aromatic heterocycles. The molecule has 0 fully saturated rings. The Labute approximate surface area is 177 Å². The maximum absolute atomic E-state index is 12.4. The van der Waals surface area contributed by atoms with E-state index >= 15 is 0 Å². The van der Waals surface area contributed by atoms with E-state index in [-0.39, 0.29) is 5.63 Å². The van der Waals surface area contributed by atoms with Crippen LogP contribution in [0.25, 0.3) is 44.4 Å². The van der Waals surface area contributed by atoms with Crippen LogP contribution < -0.4 is 5.63 Å². The van der Waals surface area contributed by atoms with E-state index in [0.717, 1.165) is 63.6 Å². The van der Waals surface area contributed by atoms with Crippen LogP contribution in [0.2, 0.25) is 5.02 Å². The monoisotopic (exact) mass is 412 g/mol. The van der Waals surface area contributed by atoms with Crippen LogP contribution in [0.4, 0.5) is 0 Å². The highest BCUT2D eigenvalue weighted by Crippen LogP contribution is 2.43. The summed E-state index contributed by atoms with van der Waals surface area (Å²) < 4.78 is 12.0. The number of aryl methyl sites for hydroxylation is 1. The zero-order valence-corrected chi connectivity index (χ0v) is 16.8. The van der Waals surface area contributed by atoms with E-state index in [1.807, 2.05) is 60.7 Å². The summed E-state index contributed by atoms with van der Waals surface area (Å²) >= 11 is 6.14. The van der Waals surface area contributed by atoms with Gasteiger partial charge in [0.2, 0.25) is 0 Å². The molecule has 0 N–H and O–H groups in total. The van der Waals surface area contributed by atoms with Gasteiger partial charge in [-0.1, -0.05) is 54.1 Å². The van der Waals surface area contributed by atoms with Gasteiger partial charge in [-0.05, 0) is 48.6 Å². The molecule has 6 rings (SSSR count). The Balaban J connectivity index is 1.73. The van der Waals surface area contributed by atoms with Crippen LogP contribution in [0.5, 0.6) is 0 Å². The third kappa shape index (κ3) is 2.62. The fourth-order valence-corrected chi connectivity index (χ4v) is 4.69. The molecule has 30 heavy (non-hydrogen) atoms. The van der Waals surface area contributed by atoms with E-state index in [1.165, 1.54) is 0 Å². The Kier molecular flexibility index (Phi) is 3.87. The summed E-state index contributed by atoms with van der Waals surface area (Å²) in [5, 5.41) is 2.70. The molecule has 3 nitrogen and oxygen atoms in total. The van der Waals surface area contributed by atoms with Crippen molar-refractivity contribution >= 4 is 33.5 Å². The first-order valence-electron chi connectivity index (χ1n) is 10.1. The molecule has 4 heteroatoms. The van der Waals surface area contributed by atoms with Gasteiger partial charge >= 0.3 is 5.63 Å². The molecule has 0 radical (unpaired) electrons. The molecule has 3 aromatic carbocycles. The smallest absolute Gasteiger partial charge is 0.339 e. The van der Waals surface area contributed by atoms with Gasteiger partial charge in [-0.3, -0.25) is 0 Å². The van der Waals surface area contributed by atoms with Crippen LogP contribution in [-0.2, 0) is 12.8 Å². The molecule has 0 aliphatic heterocycles. The van der Waals surface area contributed by atoms with Crippen LogP contribution >= 0.6 is 11.6 Å². The Morgan fingerprint density at radius 1 is 0.733 bits per heavy atom. The minimum Gasteiger partial charge on any atom is -0.455 e. The molecule has 2 heterocycles. The number of hydrogen-bond donors (Lipinski definition) is 0. The summed E-state index contributed by atoms with van der Waals surface area (Å²) in [6, 6.07) is 21.8. The number of benzene rings is 3. The number of furan rings is 1. The topological polar surface area (TPSA) is 43.4 Å². The van der Waals surface area contributed by atoms with Gasteiger partial charge in [0.25, 0.3) is 0 Å². The average molecular weight is 413 g/mol. The highest BCUT2D eigenvalue weighted by atomic mass is 35.5. The van der Waals surface area contributed by atoms with E-state index in [1.54, 1.807) is 0 Å². The van der Waals surface area contributed by atoms with Gasteiger partial charge in [-0.25, -0.2) is 4.79 Å². The summed E-state index contributed by atoms with van der Waals surface area (Å²) in [6.45, 7) is 0. The average Bonchev–Trinajstić information content (AvgIpc) is 3.39. The van der Waals surface area contributed by atoms with Crippen molar-refractivity contribution in [3.05, 3.63) is 93.3 Å². The molecule has 0 spiro atoms. The van der Waals surface area contributed by atoms with Gasteiger partial charge in [0.05, 0.1) is 0 Å². The van der Waals surface area contributed by atoms with Gasteiger partial charge in [-0.15, -0.1) is 0 Å². The SMILES string of the molecule is O=c1oc2cc3oc(-c4ccccc4)c(-c4ccc(Cl)cc4)c3cc2c2c1CCC2. The van der Waals surface area contributed by atoms with Gasteiger partial charge in [0.1, 0.15) is 16.9 Å². The fourth-order valence-electron chi connectivity index (χ4n) is 4.57. The maximum atomic E-state index is 12.4. The predicted octanol–water partition coefficient (Wildman–Crippen LogP) is 7.02. The van der Waals surface area contributed by atoms with E-state index in [0.29, 0.717) is 16.2 Å². The molecule has 0 atom stereocenters. The maximum Gasteiger partial charge on any atom is 0.339 e. The Bertz CT molecular complexity index is 1480. The normalized spacial score (nSPS) is 13.2. The molecular formula is C26H17ClO3. The summed E-state index contributed by atoms with van der Waals surface area (Å²) in [5.74, 6) is 0.794. The zero-order chi connectivity index (χ0) is 20.2. The van der Waals surface area contributed by atoms with Crippen molar-refractivity contribution in [1.29, 1.82) is 0 Å². The van der Waals surface area contributed by atoms with Crippen molar-refractivity contribution in [2.45, 2.75) is 19.3 Å². The second kappa shape index (κ2) is 6.61. The summed E-state index contributed by atoms with van der Waals surface area (Å²) in [5.41, 5.74) is 6.06. The first-order chi connectivity index (χ1) is 14.7. The van der Waals surface area contributed by atoms with Gasteiger partial charge in [0, 0.05) is 38.6 Å². The molecule has 0 amide bonds. The molecule has 5 aromatic rings. The summed E-state index contributed by atoms with van der Waals surface area (Å²) in [6.07, 6.45) is 2.68. The van der Waals surface area contributed by atoms with Crippen molar-refractivity contribution in [2.75, 3.05) is 0 Å². The van der Waals surface area contributed by atoms with Gasteiger partial charge in [0.15, 0.2) is 0 Å². The first-order valence-corrected chi connectivity index (χ1v) is 10.4. The lowest BCUT2D eigenvalue weighted by atomic mass is 9.97. The van der Waals surface area contributed by atoms with Crippen LogP contribution in [-0.4, -0.2) is 0 Å². The molecule has 0 saturated carbocycles. The second-order valence-electron chi connectivity index (χ2n) is 7.72. The zero-order valence-electron chi connectivity index (χ0n) is 16.1. The van der Waals surface area contributed by atoms with Crippen LogP contribution in [0, 0.1) is 0 Å². The van der Waals surface area contributed by atoms with Gasteiger partial charge in [-0.2, -0.15) is 0 Å². The lowest BCUT2D eigenvalue weighted by molar-refractivity contribution is 0.551. The third-order valence-corrected chi connectivity index (χ3v) is 6.20. The minimum absolute atomic E-state index is 0.220. The van der Waals surface area contributed by atoms with Crippen LogP contribution in [0.15, 0.2) is 80.4 Å². The predicted molar refractivity (Wildman–Crippen MR) is 120 cm³/mol. The van der Waals surface area contributed by atoms with E-state index < -0.39 is 0 Å². The van der Waals surface area contributed by atoms with Crippen molar-refractivity contribution in [3.63, 3.8) is 0 Å². The Morgan fingerprint density at radius 2 is 1.47 bits per heavy atom. The Morgan fingerprint density at radius 3 is 2.27 bits per heavy atom. The fraction of sp³-hybridized carbons (Fsp3) is 0.115. The number of fused-ring (bicyclic) bond motifs is 4. The Hall–Kier alpha value is -3.30. The highest BCUT2D eigenvalue weighted by molar-refractivity contribution is 6.30. The van der Waals surface area contributed by atoms with E-state index in [4.69, 9.17) is 20.4 Å². The first kappa shape index (κ1) is 17.5. The van der Waals surface area contributed by atoms with Crippen molar-refractivity contribution < 1.29 is 8.83 Å². The number of hydrogen-bond acceptors (Lipinski definition) is 3. The highest BCUT2D eigenvalue weighted by Gasteiger charge is 2.23. The molecule has 1 aliphatic carbocycles. The second-order valence-corrected chi connectivity index (χ2v) is 8.16. The molecule has 0 bridgehead atoms. The molecule has 0 unspecified atom stereocenters. The molecule has 1 aliphatic rings. The van der Waals surface area contributed by atoms with Gasteiger partial charge < -0.3 is 8.83 Å². The van der Waals surface area contributed by atoms with Crippen molar-refractivity contribution in [1.82, 2.24) is 0 Å². The molecule has 0 saturated heterocycles. The quantitative estimate of drug-likeness (QED) is 0.293. The molecular weight excluding hydrogens is 396 g/mol. The molecule has 146 valence electrons. The van der Waals surface area contributed by atoms with Crippen molar-refractivity contribution in [2.24, 2.45) is 0 Å². The van der Waals surface area contributed by atoms with E-state index in [2.05, 4.69) is 6.07 Å². The third-order valence-electron chi connectivity index (χ3n) is 5.95. The largest absolute Gasteiger partial charge is 0.455 e. The summed E-state index contributed by atoms with van der Waals surface area (Å²) in [7, 11) is 0. The minimum atomic E-state index is -0.220. The number of rotatable bonds is 2. The number of halogens is 1. The van der Waals surface area contributed by atoms with E-state index in [9.17, 15) is 4.79 Å². The van der Waals surface area contributed by atoms with Crippen LogP contribution in [0.3, 0.4) is 0 Å². The lowest BCUT2D eigenvalue weighted by Gasteiger charge is -2.06. The standard InChI is InChI=1S/C26H17ClO3/c27-17-11-9-15(10-12-17)24-21-13-20-18-7-4-8-19(18)26(28)30-22(20)14-23(21)29-25(24)16-5-2-1-3-6-16/h1-3,5-6,9-14H,4,7-8H2. The van der Waals surface area contributed by atoms with Crippen molar-refractivity contribution in [3.8, 4) is 22.5 Å².